The van der Waals surface area contributed by atoms with Gasteiger partial charge in [-0.3, -0.25) is 4.79 Å². The van der Waals surface area contributed by atoms with E-state index in [4.69, 9.17) is 0 Å². The fraction of sp³-hybridized carbons (Fsp3) is 0.944. The van der Waals surface area contributed by atoms with Gasteiger partial charge in [0, 0.05) is 19.0 Å². The van der Waals surface area contributed by atoms with Crippen LogP contribution in [0.2, 0.25) is 0 Å². The van der Waals surface area contributed by atoms with Crippen LogP contribution in [0.25, 0.3) is 0 Å². The molecule has 1 heterocycles. The molecule has 0 aromatic carbocycles. The lowest BCUT2D eigenvalue weighted by Crippen LogP contribution is -2.49. The molecule has 1 unspecified atom stereocenters. The van der Waals surface area contributed by atoms with E-state index in [1.807, 2.05) is 0 Å². The monoisotopic (exact) mass is 279 g/mol. The van der Waals surface area contributed by atoms with Gasteiger partial charge in [0.15, 0.2) is 0 Å². The van der Waals surface area contributed by atoms with Gasteiger partial charge in [0.05, 0.1) is 0 Å². The van der Waals surface area contributed by atoms with E-state index < -0.39 is 0 Å². The predicted molar refractivity (Wildman–Crippen MR) is 84.6 cm³/mol. The van der Waals surface area contributed by atoms with Crippen LogP contribution < -0.4 is 0 Å². The second-order valence-corrected chi connectivity index (χ2v) is 7.28. The van der Waals surface area contributed by atoms with Crippen molar-refractivity contribution in [3.63, 3.8) is 0 Å². The van der Waals surface area contributed by atoms with E-state index in [2.05, 4.69) is 25.7 Å². The summed E-state index contributed by atoms with van der Waals surface area (Å²) in [6.45, 7) is 8.69. The highest BCUT2D eigenvalue weighted by Gasteiger charge is 2.45. The minimum atomic E-state index is 0.281. The summed E-state index contributed by atoms with van der Waals surface area (Å²) in [6.07, 6.45) is 11.4. The molecule has 1 aliphatic heterocycles. The first-order valence-electron chi connectivity index (χ1n) is 8.93. The average molecular weight is 279 g/mol. The Morgan fingerprint density at radius 1 is 1.15 bits per heavy atom. The van der Waals surface area contributed by atoms with E-state index in [1.165, 1.54) is 38.5 Å². The summed E-state index contributed by atoms with van der Waals surface area (Å²) in [5.41, 5.74) is 0.628. The second kappa shape index (κ2) is 6.95. The Kier molecular flexibility index (Phi) is 5.51. The fourth-order valence-electron chi connectivity index (χ4n) is 4.50. The maximum Gasteiger partial charge on any atom is 0.225 e. The standard InChI is InChI=1S/C18H33NO/c1-4-7-15-13-18(14-15)9-11-19(12-10-18)17(20)16(6-3)8-5-2/h15-16H,4-14H2,1-3H3. The first-order valence-corrected chi connectivity index (χ1v) is 8.93. The van der Waals surface area contributed by atoms with Crippen molar-refractivity contribution in [2.45, 2.75) is 78.6 Å². The molecule has 0 bridgehead atoms. The van der Waals surface area contributed by atoms with Gasteiger partial charge in [0.25, 0.3) is 0 Å². The van der Waals surface area contributed by atoms with Gasteiger partial charge in [0.1, 0.15) is 0 Å². The highest BCUT2D eigenvalue weighted by Crippen LogP contribution is 2.54. The van der Waals surface area contributed by atoms with Crippen molar-refractivity contribution in [1.82, 2.24) is 4.90 Å². The highest BCUT2D eigenvalue weighted by molar-refractivity contribution is 5.78. The van der Waals surface area contributed by atoms with Crippen LogP contribution in [-0.2, 0) is 4.79 Å². The molecule has 0 radical (unpaired) electrons. The molecule has 1 saturated heterocycles. The highest BCUT2D eigenvalue weighted by atomic mass is 16.2. The molecule has 0 aromatic heterocycles. The lowest BCUT2D eigenvalue weighted by Gasteiger charge is -2.52. The number of rotatable bonds is 6. The summed E-state index contributed by atoms with van der Waals surface area (Å²) < 4.78 is 0. The van der Waals surface area contributed by atoms with Crippen molar-refractivity contribution in [3.8, 4) is 0 Å². The first kappa shape index (κ1) is 15.9. The van der Waals surface area contributed by atoms with Gasteiger partial charge in [-0.1, -0.05) is 40.0 Å². The molecule has 0 aromatic rings. The van der Waals surface area contributed by atoms with Gasteiger partial charge in [-0.2, -0.15) is 0 Å². The van der Waals surface area contributed by atoms with Crippen molar-refractivity contribution in [3.05, 3.63) is 0 Å². The lowest BCUT2D eigenvalue weighted by atomic mass is 9.56. The number of piperidine rings is 1. The van der Waals surface area contributed by atoms with E-state index in [9.17, 15) is 4.79 Å². The lowest BCUT2D eigenvalue weighted by molar-refractivity contribution is -0.140. The molecule has 0 N–H and O–H groups in total. The molecule has 2 aliphatic rings. The summed E-state index contributed by atoms with van der Waals surface area (Å²) in [6, 6.07) is 0. The Morgan fingerprint density at radius 2 is 1.80 bits per heavy atom. The maximum absolute atomic E-state index is 12.5. The van der Waals surface area contributed by atoms with Gasteiger partial charge < -0.3 is 4.90 Å². The molecule has 116 valence electrons. The van der Waals surface area contributed by atoms with Crippen molar-refractivity contribution >= 4 is 5.91 Å². The minimum absolute atomic E-state index is 0.281. The van der Waals surface area contributed by atoms with Gasteiger partial charge >= 0.3 is 0 Å². The van der Waals surface area contributed by atoms with Gasteiger partial charge in [-0.25, -0.2) is 0 Å². The zero-order chi connectivity index (χ0) is 14.6. The van der Waals surface area contributed by atoms with Crippen molar-refractivity contribution in [2.75, 3.05) is 13.1 Å². The summed E-state index contributed by atoms with van der Waals surface area (Å²) in [7, 11) is 0. The van der Waals surface area contributed by atoms with Gasteiger partial charge in [-0.15, -0.1) is 0 Å². The van der Waals surface area contributed by atoms with Crippen LogP contribution in [0.15, 0.2) is 0 Å². The summed E-state index contributed by atoms with van der Waals surface area (Å²) in [5.74, 6) is 1.71. The topological polar surface area (TPSA) is 20.3 Å². The molecular formula is C18H33NO. The van der Waals surface area contributed by atoms with E-state index >= 15 is 0 Å². The number of carbonyl (C=O) groups is 1. The number of likely N-dealkylation sites (tertiary alicyclic amines) is 1. The molecule has 20 heavy (non-hydrogen) atoms. The summed E-state index contributed by atoms with van der Waals surface area (Å²) in [4.78, 5) is 14.7. The minimum Gasteiger partial charge on any atom is -0.342 e. The van der Waals surface area contributed by atoms with Crippen LogP contribution >= 0.6 is 0 Å². The van der Waals surface area contributed by atoms with Crippen LogP contribution in [0.3, 0.4) is 0 Å². The van der Waals surface area contributed by atoms with Crippen molar-refractivity contribution in [1.29, 1.82) is 0 Å². The Morgan fingerprint density at radius 3 is 2.30 bits per heavy atom. The molecular weight excluding hydrogens is 246 g/mol. The summed E-state index contributed by atoms with van der Waals surface area (Å²) >= 11 is 0. The molecule has 1 spiro atoms. The van der Waals surface area contributed by atoms with Crippen molar-refractivity contribution < 1.29 is 4.79 Å². The van der Waals surface area contributed by atoms with Crippen LogP contribution in [0.4, 0.5) is 0 Å². The number of hydrogen-bond donors (Lipinski definition) is 0. The molecule has 1 saturated carbocycles. The Balaban J connectivity index is 1.78. The zero-order valence-electron chi connectivity index (χ0n) is 13.8. The summed E-state index contributed by atoms with van der Waals surface area (Å²) in [5, 5.41) is 0. The van der Waals surface area contributed by atoms with E-state index in [0.717, 1.165) is 38.3 Å². The Hall–Kier alpha value is -0.530. The molecule has 1 amide bonds. The third kappa shape index (κ3) is 3.38. The smallest absolute Gasteiger partial charge is 0.225 e. The predicted octanol–water partition coefficient (Wildman–Crippen LogP) is 4.63. The molecule has 2 fully saturated rings. The maximum atomic E-state index is 12.5. The van der Waals surface area contributed by atoms with Crippen LogP contribution in [0, 0.1) is 17.3 Å². The molecule has 2 nitrogen and oxygen atoms in total. The molecule has 1 atom stereocenters. The third-order valence-electron chi connectivity index (χ3n) is 5.76. The normalized spacial score (nSPS) is 23.6. The van der Waals surface area contributed by atoms with Crippen LogP contribution in [0.1, 0.15) is 78.6 Å². The van der Waals surface area contributed by atoms with Crippen molar-refractivity contribution in [2.24, 2.45) is 17.3 Å². The average Bonchev–Trinajstić information content (AvgIpc) is 2.43. The van der Waals surface area contributed by atoms with Crippen LogP contribution in [-0.4, -0.2) is 23.9 Å². The van der Waals surface area contributed by atoms with E-state index in [0.29, 0.717) is 11.3 Å². The third-order valence-corrected chi connectivity index (χ3v) is 5.76. The molecule has 2 heteroatoms. The largest absolute Gasteiger partial charge is 0.342 e. The SMILES string of the molecule is CCCC1CC2(CCN(C(=O)C(CC)CCC)CC2)C1. The van der Waals surface area contributed by atoms with Gasteiger partial charge in [0.2, 0.25) is 5.91 Å². The number of hydrogen-bond acceptors (Lipinski definition) is 1. The van der Waals surface area contributed by atoms with Gasteiger partial charge in [-0.05, 0) is 49.9 Å². The number of nitrogens with zero attached hydrogens (tertiary/aromatic N) is 1. The van der Waals surface area contributed by atoms with E-state index in [1.54, 1.807) is 0 Å². The first-order chi connectivity index (χ1) is 9.64. The number of carbonyl (C=O) groups excluding carboxylic acids is 1. The number of amides is 1. The van der Waals surface area contributed by atoms with E-state index in [-0.39, 0.29) is 5.92 Å². The molecule has 1 aliphatic carbocycles. The Bertz CT molecular complexity index is 309. The molecule has 2 rings (SSSR count). The fourth-order valence-corrected chi connectivity index (χ4v) is 4.50. The quantitative estimate of drug-likeness (QED) is 0.694. The Labute approximate surface area is 125 Å². The van der Waals surface area contributed by atoms with Crippen LogP contribution in [0.5, 0.6) is 0 Å². The second-order valence-electron chi connectivity index (χ2n) is 7.28. The zero-order valence-corrected chi connectivity index (χ0v) is 13.8.